The number of ether oxygens (including phenoxy) is 2. The molecule has 0 spiro atoms. The van der Waals surface area contributed by atoms with Crippen LogP contribution < -0.4 is 4.90 Å². The number of carbonyl (C=O) groups is 1. The highest BCUT2D eigenvalue weighted by molar-refractivity contribution is 5.95. The van der Waals surface area contributed by atoms with Crippen LogP contribution in [0.25, 0.3) is 0 Å². The van der Waals surface area contributed by atoms with Gasteiger partial charge in [0, 0.05) is 46.1 Å². The lowest BCUT2D eigenvalue weighted by Crippen LogP contribution is -2.53. The van der Waals surface area contributed by atoms with Crippen LogP contribution in [0.2, 0.25) is 0 Å². The molecule has 0 aromatic heterocycles. The lowest BCUT2D eigenvalue weighted by molar-refractivity contribution is -0.0893. The summed E-state index contributed by atoms with van der Waals surface area (Å²) in [6, 6.07) is 7.92. The molecule has 1 heterocycles. The molecule has 24 heavy (non-hydrogen) atoms. The number of rotatable bonds is 4. The fourth-order valence-electron chi connectivity index (χ4n) is 4.20. The van der Waals surface area contributed by atoms with Crippen molar-refractivity contribution in [1.82, 2.24) is 4.90 Å². The number of benzene rings is 1. The average Bonchev–Trinajstić information content (AvgIpc) is 3.00. The van der Waals surface area contributed by atoms with Crippen molar-refractivity contribution in [2.45, 2.75) is 43.4 Å². The Morgan fingerprint density at radius 2 is 2.08 bits per heavy atom. The number of hydrogen-bond acceptors (Lipinski definition) is 4. The third-order valence-electron chi connectivity index (χ3n) is 5.75. The molecule has 5 heteroatoms. The highest BCUT2D eigenvalue weighted by Gasteiger charge is 2.52. The maximum absolute atomic E-state index is 13.1. The van der Waals surface area contributed by atoms with Crippen molar-refractivity contribution in [3.8, 4) is 0 Å². The molecule has 1 saturated carbocycles. The molecule has 0 bridgehead atoms. The van der Waals surface area contributed by atoms with Gasteiger partial charge in [-0.05, 0) is 43.9 Å². The van der Waals surface area contributed by atoms with Gasteiger partial charge in [0.05, 0.1) is 17.7 Å². The van der Waals surface area contributed by atoms with Gasteiger partial charge < -0.3 is 19.3 Å². The van der Waals surface area contributed by atoms with Gasteiger partial charge in [0.25, 0.3) is 5.91 Å². The zero-order valence-corrected chi connectivity index (χ0v) is 15.1. The molecule has 2 fully saturated rings. The Kier molecular flexibility index (Phi) is 4.83. The number of amides is 1. The van der Waals surface area contributed by atoms with E-state index in [0.717, 1.165) is 43.5 Å². The predicted octanol–water partition coefficient (Wildman–Crippen LogP) is 2.55. The van der Waals surface area contributed by atoms with Gasteiger partial charge in [-0.1, -0.05) is 6.07 Å². The second kappa shape index (κ2) is 6.73. The molecule has 1 aliphatic carbocycles. The van der Waals surface area contributed by atoms with E-state index in [1.165, 1.54) is 0 Å². The summed E-state index contributed by atoms with van der Waals surface area (Å²) in [5, 5.41) is 0. The molecule has 1 saturated heterocycles. The summed E-state index contributed by atoms with van der Waals surface area (Å²) in [6.45, 7) is 0.750. The summed E-state index contributed by atoms with van der Waals surface area (Å²) in [5.41, 5.74) is 1.58. The average molecular weight is 332 g/mol. The third-order valence-corrected chi connectivity index (χ3v) is 5.75. The Bertz CT molecular complexity index is 604. The summed E-state index contributed by atoms with van der Waals surface area (Å²) in [5.74, 6) is 0.0966. The van der Waals surface area contributed by atoms with Crippen LogP contribution in [0.5, 0.6) is 0 Å². The first-order chi connectivity index (χ1) is 11.5. The second-order valence-electron chi connectivity index (χ2n) is 7.11. The molecule has 132 valence electrons. The molecule has 1 amide bonds. The number of likely N-dealkylation sites (tertiary alicyclic amines) is 1. The van der Waals surface area contributed by atoms with Crippen molar-refractivity contribution in [3.05, 3.63) is 29.8 Å². The number of hydrogen-bond donors (Lipinski definition) is 0. The van der Waals surface area contributed by atoms with E-state index < -0.39 is 0 Å². The Balaban J connectivity index is 1.86. The number of methoxy groups -OCH3 is 2. The molecule has 0 radical (unpaired) electrons. The fraction of sp³-hybridized carbons (Fsp3) is 0.632. The summed E-state index contributed by atoms with van der Waals surface area (Å²) in [7, 11) is 7.51. The van der Waals surface area contributed by atoms with Crippen LogP contribution in [0, 0.1) is 0 Å². The van der Waals surface area contributed by atoms with Crippen LogP contribution in [0.15, 0.2) is 24.3 Å². The monoisotopic (exact) mass is 332 g/mol. The number of nitrogens with zero attached hydrogens (tertiary/aromatic N) is 2. The molecule has 0 unspecified atom stereocenters. The van der Waals surface area contributed by atoms with Gasteiger partial charge in [-0.3, -0.25) is 4.79 Å². The Hall–Kier alpha value is -1.59. The van der Waals surface area contributed by atoms with Crippen LogP contribution in [-0.2, 0) is 9.47 Å². The van der Waals surface area contributed by atoms with Crippen molar-refractivity contribution in [3.63, 3.8) is 0 Å². The minimum atomic E-state index is -0.205. The quantitative estimate of drug-likeness (QED) is 0.850. The van der Waals surface area contributed by atoms with E-state index in [0.29, 0.717) is 0 Å². The summed E-state index contributed by atoms with van der Waals surface area (Å²) >= 11 is 0. The first-order valence-corrected chi connectivity index (χ1v) is 8.67. The van der Waals surface area contributed by atoms with Crippen molar-refractivity contribution in [2.75, 3.05) is 39.8 Å². The van der Waals surface area contributed by atoms with E-state index in [4.69, 9.17) is 9.47 Å². The van der Waals surface area contributed by atoms with Crippen LogP contribution in [0.4, 0.5) is 5.69 Å². The Labute approximate surface area is 144 Å². The standard InChI is InChI=1S/C19H28N2O3/c1-20(2)15-7-5-6-14(12-15)18(22)21-11-10-19(24-4)9-8-16(23-3)13-17(19)21/h5-7,12,16-17H,8-11,13H2,1-4H3/t16-,17-,19+/m0/s1. The number of carbonyl (C=O) groups excluding carboxylic acids is 1. The molecular weight excluding hydrogens is 304 g/mol. The Morgan fingerprint density at radius 1 is 1.29 bits per heavy atom. The summed E-state index contributed by atoms with van der Waals surface area (Å²) in [6.07, 6.45) is 3.92. The molecule has 2 aliphatic rings. The van der Waals surface area contributed by atoms with Crippen LogP contribution in [0.1, 0.15) is 36.0 Å². The van der Waals surface area contributed by atoms with Gasteiger partial charge in [-0.15, -0.1) is 0 Å². The number of fused-ring (bicyclic) bond motifs is 1. The smallest absolute Gasteiger partial charge is 0.254 e. The van der Waals surface area contributed by atoms with E-state index in [1.54, 1.807) is 14.2 Å². The third kappa shape index (κ3) is 2.91. The Morgan fingerprint density at radius 3 is 2.75 bits per heavy atom. The normalized spacial score (nSPS) is 29.4. The summed E-state index contributed by atoms with van der Waals surface area (Å²) in [4.78, 5) is 17.2. The predicted molar refractivity (Wildman–Crippen MR) is 94.6 cm³/mol. The van der Waals surface area contributed by atoms with Crippen molar-refractivity contribution >= 4 is 11.6 Å². The van der Waals surface area contributed by atoms with Gasteiger partial charge in [0.15, 0.2) is 0 Å². The van der Waals surface area contributed by atoms with E-state index in [2.05, 4.69) is 0 Å². The van der Waals surface area contributed by atoms with Gasteiger partial charge in [0.1, 0.15) is 0 Å². The first-order valence-electron chi connectivity index (χ1n) is 8.67. The molecule has 1 aromatic rings. The lowest BCUT2D eigenvalue weighted by Gasteiger charge is -2.43. The van der Waals surface area contributed by atoms with Gasteiger partial charge >= 0.3 is 0 Å². The molecule has 1 aliphatic heterocycles. The van der Waals surface area contributed by atoms with Crippen molar-refractivity contribution in [2.24, 2.45) is 0 Å². The first kappa shape index (κ1) is 17.2. The van der Waals surface area contributed by atoms with Crippen molar-refractivity contribution in [1.29, 1.82) is 0 Å². The van der Waals surface area contributed by atoms with Crippen LogP contribution in [0.3, 0.4) is 0 Å². The van der Waals surface area contributed by atoms with Gasteiger partial charge in [-0.25, -0.2) is 0 Å². The van der Waals surface area contributed by atoms with E-state index >= 15 is 0 Å². The number of anilines is 1. The van der Waals surface area contributed by atoms with E-state index in [9.17, 15) is 4.79 Å². The zero-order chi connectivity index (χ0) is 17.3. The topological polar surface area (TPSA) is 42.0 Å². The highest BCUT2D eigenvalue weighted by Crippen LogP contribution is 2.43. The minimum absolute atomic E-state index is 0.0942. The second-order valence-corrected chi connectivity index (χ2v) is 7.11. The molecule has 0 N–H and O–H groups in total. The maximum atomic E-state index is 13.1. The molecule has 1 aromatic carbocycles. The van der Waals surface area contributed by atoms with Crippen molar-refractivity contribution < 1.29 is 14.3 Å². The molecule has 3 rings (SSSR count). The largest absolute Gasteiger partial charge is 0.381 e. The molecule has 5 nitrogen and oxygen atoms in total. The minimum Gasteiger partial charge on any atom is -0.381 e. The van der Waals surface area contributed by atoms with Gasteiger partial charge in [0.2, 0.25) is 0 Å². The van der Waals surface area contributed by atoms with E-state index in [1.807, 2.05) is 48.2 Å². The molecular formula is C19H28N2O3. The molecule has 3 atom stereocenters. The maximum Gasteiger partial charge on any atom is 0.254 e. The fourth-order valence-corrected chi connectivity index (χ4v) is 4.20. The van der Waals surface area contributed by atoms with Gasteiger partial charge in [-0.2, -0.15) is 0 Å². The van der Waals surface area contributed by atoms with Crippen LogP contribution in [-0.4, -0.2) is 63.4 Å². The highest BCUT2D eigenvalue weighted by atomic mass is 16.5. The van der Waals surface area contributed by atoms with E-state index in [-0.39, 0.29) is 23.7 Å². The zero-order valence-electron chi connectivity index (χ0n) is 15.1. The lowest BCUT2D eigenvalue weighted by atomic mass is 9.79. The summed E-state index contributed by atoms with van der Waals surface area (Å²) < 4.78 is 11.5. The van der Waals surface area contributed by atoms with Crippen LogP contribution >= 0.6 is 0 Å². The SMILES string of the molecule is CO[C@H]1CC[C@@]2(OC)CCN(C(=O)c3cccc(N(C)C)c3)[C@H]2C1.